The number of carbonyl (C=O) groups is 1. The highest BCUT2D eigenvalue weighted by Gasteiger charge is 2.29. The van der Waals surface area contributed by atoms with Gasteiger partial charge in [-0.2, -0.15) is 13.2 Å². The number of carboxylic acid groups (broad SMARTS) is 1. The number of aromatic carboxylic acids is 1. The lowest BCUT2D eigenvalue weighted by Gasteiger charge is -2.07. The Morgan fingerprint density at radius 1 is 1.25 bits per heavy atom. The molecule has 0 aliphatic rings. The summed E-state index contributed by atoms with van der Waals surface area (Å²) in [6.45, 7) is 0.262. The normalized spacial score (nSPS) is 10.9. The van der Waals surface area contributed by atoms with E-state index in [0.29, 0.717) is 5.56 Å². The number of hydrogen-bond donors (Lipinski definition) is 1. The minimum atomic E-state index is -4.36. The Morgan fingerprint density at radius 2 is 1.85 bits per heavy atom. The van der Waals surface area contributed by atoms with Crippen LogP contribution in [0.5, 0.6) is 0 Å². The first kappa shape index (κ1) is 16.0. The van der Waals surface area contributed by atoms with Crippen LogP contribution in [0.15, 0.2) is 36.8 Å². The molecule has 1 aromatic carbocycles. The van der Waals surface area contributed by atoms with E-state index in [9.17, 15) is 18.0 Å². The smallest absolute Gasteiger partial charge is 0.416 e. The van der Waals surface area contributed by atoms with Crippen LogP contribution in [0.1, 0.15) is 21.6 Å². The van der Waals surface area contributed by atoms with E-state index >= 15 is 0 Å². The molecule has 1 aromatic heterocycles. The molecule has 2 aromatic rings. The highest BCUT2D eigenvalue weighted by Crippen LogP contribution is 2.29. The lowest BCUT2D eigenvalue weighted by atomic mass is 10.1. The van der Waals surface area contributed by atoms with Gasteiger partial charge in [-0.3, -0.25) is 0 Å². The van der Waals surface area contributed by atoms with Crippen LogP contribution in [-0.2, 0) is 12.7 Å². The maximum absolute atomic E-state index is 12.4. The Kier molecular flexibility index (Phi) is 4.78. The average Bonchev–Trinajstić information content (AvgIpc) is 2.77. The van der Waals surface area contributed by atoms with Gasteiger partial charge in [-0.05, 0) is 17.7 Å². The molecular weight excluding hydrogens is 297 g/mol. The molecule has 0 spiro atoms. The molecule has 2 rings (SSSR count). The third-order valence-electron chi connectivity index (χ3n) is 2.50. The third kappa shape index (κ3) is 3.74. The molecule has 8 heteroatoms. The second-order valence-electron chi connectivity index (χ2n) is 3.93. The van der Waals surface area contributed by atoms with Gasteiger partial charge in [0.25, 0.3) is 0 Å². The van der Waals surface area contributed by atoms with Crippen molar-refractivity contribution in [3.8, 4) is 0 Å². The van der Waals surface area contributed by atoms with Crippen LogP contribution in [-0.4, -0.2) is 20.6 Å². The Bertz CT molecular complexity index is 593. The molecule has 0 bridgehead atoms. The number of alkyl halides is 3. The first-order valence-electron chi connectivity index (χ1n) is 5.27. The standard InChI is InChI=1S/C12H9F3N2O2.ClH/c13-12(14,15)9-3-1-8(2-4-9)5-17-6-10(11(18)19)16-7-17;/h1-4,6-7H,5H2,(H,18,19);1H. The Hall–Kier alpha value is -2.02. The van der Waals surface area contributed by atoms with E-state index in [1.54, 1.807) is 0 Å². The summed E-state index contributed by atoms with van der Waals surface area (Å²) in [7, 11) is 0. The Balaban J connectivity index is 0.00000200. The predicted molar refractivity (Wildman–Crippen MR) is 67.0 cm³/mol. The summed E-state index contributed by atoms with van der Waals surface area (Å²) in [6, 6.07) is 4.68. The van der Waals surface area contributed by atoms with Crippen LogP contribution in [0.25, 0.3) is 0 Å². The summed E-state index contributed by atoms with van der Waals surface area (Å²) >= 11 is 0. The fourth-order valence-corrected chi connectivity index (χ4v) is 1.57. The van der Waals surface area contributed by atoms with Crippen molar-refractivity contribution in [3.63, 3.8) is 0 Å². The van der Waals surface area contributed by atoms with Crippen molar-refractivity contribution in [2.75, 3.05) is 0 Å². The van der Waals surface area contributed by atoms with Crippen LogP contribution < -0.4 is 0 Å². The molecule has 0 atom stereocenters. The second-order valence-corrected chi connectivity index (χ2v) is 3.93. The van der Waals surface area contributed by atoms with Gasteiger partial charge in [0.15, 0.2) is 5.69 Å². The van der Waals surface area contributed by atoms with Gasteiger partial charge in [-0.15, -0.1) is 12.4 Å². The van der Waals surface area contributed by atoms with E-state index in [1.807, 2.05) is 0 Å². The molecule has 0 amide bonds. The lowest BCUT2D eigenvalue weighted by molar-refractivity contribution is -0.137. The molecule has 0 saturated carbocycles. The summed E-state index contributed by atoms with van der Waals surface area (Å²) in [6.07, 6.45) is -1.72. The number of halogens is 4. The number of nitrogens with zero attached hydrogens (tertiary/aromatic N) is 2. The zero-order valence-electron chi connectivity index (χ0n) is 9.96. The monoisotopic (exact) mass is 306 g/mol. The molecule has 108 valence electrons. The first-order valence-corrected chi connectivity index (χ1v) is 5.27. The van der Waals surface area contributed by atoms with Gasteiger partial charge in [0.05, 0.1) is 11.9 Å². The molecule has 0 aliphatic carbocycles. The molecular formula is C12H10ClF3N2O2. The van der Waals surface area contributed by atoms with Gasteiger partial charge in [0.1, 0.15) is 0 Å². The van der Waals surface area contributed by atoms with Gasteiger partial charge in [-0.1, -0.05) is 12.1 Å². The molecule has 4 nitrogen and oxygen atoms in total. The van der Waals surface area contributed by atoms with E-state index in [4.69, 9.17) is 5.11 Å². The number of benzene rings is 1. The summed E-state index contributed by atoms with van der Waals surface area (Å²) < 4.78 is 38.6. The number of imidazole rings is 1. The molecule has 20 heavy (non-hydrogen) atoms. The average molecular weight is 307 g/mol. The van der Waals surface area contributed by atoms with Crippen LogP contribution in [0, 0.1) is 0 Å². The van der Waals surface area contributed by atoms with Crippen LogP contribution in [0.3, 0.4) is 0 Å². The van der Waals surface area contributed by atoms with E-state index in [0.717, 1.165) is 12.1 Å². The molecule has 0 fully saturated rings. The van der Waals surface area contributed by atoms with E-state index in [-0.39, 0.29) is 24.6 Å². The van der Waals surface area contributed by atoms with Crippen LogP contribution >= 0.6 is 12.4 Å². The molecule has 1 N–H and O–H groups in total. The van der Waals surface area contributed by atoms with Crippen molar-refractivity contribution in [2.24, 2.45) is 0 Å². The van der Waals surface area contributed by atoms with E-state index < -0.39 is 17.7 Å². The molecule has 0 aliphatic heterocycles. The largest absolute Gasteiger partial charge is 0.476 e. The van der Waals surface area contributed by atoms with Crippen LogP contribution in [0.4, 0.5) is 13.2 Å². The third-order valence-corrected chi connectivity index (χ3v) is 2.50. The first-order chi connectivity index (χ1) is 8.86. The van der Waals surface area contributed by atoms with Gasteiger partial charge >= 0.3 is 12.1 Å². The van der Waals surface area contributed by atoms with Gasteiger partial charge in [0, 0.05) is 12.7 Å². The number of rotatable bonds is 3. The molecule has 0 radical (unpaired) electrons. The fourth-order valence-electron chi connectivity index (χ4n) is 1.57. The van der Waals surface area contributed by atoms with Crippen molar-refractivity contribution in [1.82, 2.24) is 9.55 Å². The molecule has 0 unspecified atom stereocenters. The summed E-state index contributed by atoms with van der Waals surface area (Å²) in [5, 5.41) is 8.69. The molecule has 0 saturated heterocycles. The topological polar surface area (TPSA) is 55.1 Å². The van der Waals surface area contributed by atoms with E-state index in [2.05, 4.69) is 4.98 Å². The van der Waals surface area contributed by atoms with Crippen molar-refractivity contribution in [2.45, 2.75) is 12.7 Å². The van der Waals surface area contributed by atoms with Gasteiger partial charge < -0.3 is 9.67 Å². The van der Waals surface area contributed by atoms with Gasteiger partial charge in [0.2, 0.25) is 0 Å². The van der Waals surface area contributed by atoms with Gasteiger partial charge in [-0.25, -0.2) is 9.78 Å². The zero-order valence-corrected chi connectivity index (χ0v) is 10.8. The van der Waals surface area contributed by atoms with E-state index in [1.165, 1.54) is 29.2 Å². The fraction of sp³-hybridized carbons (Fsp3) is 0.167. The lowest BCUT2D eigenvalue weighted by Crippen LogP contribution is -2.05. The quantitative estimate of drug-likeness (QED) is 0.948. The van der Waals surface area contributed by atoms with Crippen molar-refractivity contribution >= 4 is 18.4 Å². The summed E-state index contributed by atoms with van der Waals surface area (Å²) in [5.41, 5.74) is -0.192. The number of carboxylic acids is 1. The maximum Gasteiger partial charge on any atom is 0.416 e. The minimum Gasteiger partial charge on any atom is -0.476 e. The highest BCUT2D eigenvalue weighted by atomic mass is 35.5. The summed E-state index contributed by atoms with van der Waals surface area (Å²) in [5.74, 6) is -1.15. The number of aromatic nitrogens is 2. The Labute approximate surface area is 118 Å². The maximum atomic E-state index is 12.4. The minimum absolute atomic E-state index is 0. The van der Waals surface area contributed by atoms with Crippen molar-refractivity contribution < 1.29 is 23.1 Å². The van der Waals surface area contributed by atoms with Crippen molar-refractivity contribution in [3.05, 3.63) is 53.6 Å². The second kappa shape index (κ2) is 5.96. The predicted octanol–water partition coefficient (Wildman–Crippen LogP) is 3.07. The van der Waals surface area contributed by atoms with Crippen LogP contribution in [0.2, 0.25) is 0 Å². The molecule has 1 heterocycles. The zero-order chi connectivity index (χ0) is 14.0. The van der Waals surface area contributed by atoms with Crippen molar-refractivity contribution in [1.29, 1.82) is 0 Å². The summed E-state index contributed by atoms with van der Waals surface area (Å²) in [4.78, 5) is 14.3. The highest BCUT2D eigenvalue weighted by molar-refractivity contribution is 5.85. The number of hydrogen-bond acceptors (Lipinski definition) is 2. The Morgan fingerprint density at radius 3 is 2.30 bits per heavy atom. The SMILES string of the molecule is Cl.O=C(O)c1cn(Cc2ccc(C(F)(F)F)cc2)cn1.